The Morgan fingerprint density at radius 1 is 0.600 bits per heavy atom. The van der Waals surface area contributed by atoms with Crippen LogP contribution in [0.1, 0.15) is 148 Å². The van der Waals surface area contributed by atoms with E-state index in [0.717, 1.165) is 11.8 Å². The molecular formula is C36H50O4. The van der Waals surface area contributed by atoms with Crippen LogP contribution in [-0.2, 0) is 9.47 Å². The summed E-state index contributed by atoms with van der Waals surface area (Å²) in [7, 11) is 0. The zero-order valence-electron chi connectivity index (χ0n) is 25.2. The van der Waals surface area contributed by atoms with Crippen molar-refractivity contribution in [1.82, 2.24) is 0 Å². The van der Waals surface area contributed by atoms with Crippen molar-refractivity contribution in [3.63, 3.8) is 0 Å². The van der Waals surface area contributed by atoms with Gasteiger partial charge < -0.3 is 9.47 Å². The van der Waals surface area contributed by atoms with Crippen LogP contribution in [0.5, 0.6) is 0 Å². The molecule has 4 heteroatoms. The molecular weight excluding hydrogens is 496 g/mol. The summed E-state index contributed by atoms with van der Waals surface area (Å²) in [6, 6.07) is 15.8. The van der Waals surface area contributed by atoms with E-state index in [0.29, 0.717) is 23.0 Å². The third kappa shape index (κ3) is 8.21. The molecule has 2 fully saturated rings. The SMILES string of the molecule is CCC[C@H]1CC[C@H](c2ccc(C(=O)OC(C)C(C)OC(=O)c3ccc([C@H]4CC[C@H](CCC)CC4)cc3)cc2)CC1. The third-order valence-corrected chi connectivity index (χ3v) is 9.57. The Morgan fingerprint density at radius 3 is 1.23 bits per heavy atom. The minimum atomic E-state index is -0.553. The zero-order valence-corrected chi connectivity index (χ0v) is 25.2. The van der Waals surface area contributed by atoms with Gasteiger partial charge in [0.2, 0.25) is 0 Å². The summed E-state index contributed by atoms with van der Waals surface area (Å²) < 4.78 is 11.3. The van der Waals surface area contributed by atoms with Crippen molar-refractivity contribution in [1.29, 1.82) is 0 Å². The van der Waals surface area contributed by atoms with E-state index in [1.165, 1.54) is 88.2 Å². The molecule has 2 atom stereocenters. The summed E-state index contributed by atoms with van der Waals surface area (Å²) in [4.78, 5) is 25.6. The van der Waals surface area contributed by atoms with Crippen LogP contribution >= 0.6 is 0 Å². The molecule has 0 N–H and O–H groups in total. The predicted octanol–water partition coefficient (Wildman–Crippen LogP) is 9.63. The minimum absolute atomic E-state index is 0.383. The van der Waals surface area contributed by atoms with E-state index in [2.05, 4.69) is 38.1 Å². The Bertz CT molecular complexity index is 969. The molecule has 0 aliphatic heterocycles. The topological polar surface area (TPSA) is 52.6 Å². The number of benzene rings is 2. The van der Waals surface area contributed by atoms with Gasteiger partial charge in [-0.1, -0.05) is 63.8 Å². The number of carbonyl (C=O) groups is 2. The van der Waals surface area contributed by atoms with E-state index in [-0.39, 0.29) is 11.9 Å². The second-order valence-corrected chi connectivity index (χ2v) is 12.5. The van der Waals surface area contributed by atoms with Crippen molar-refractivity contribution in [3.05, 3.63) is 70.8 Å². The fraction of sp³-hybridized carbons (Fsp3) is 0.611. The van der Waals surface area contributed by atoms with Gasteiger partial charge in [-0.05, 0) is 124 Å². The molecule has 0 radical (unpaired) electrons. The molecule has 0 heterocycles. The summed E-state index contributed by atoms with van der Waals surface area (Å²) in [5.41, 5.74) is 3.70. The first kappa shape index (κ1) is 30.3. The lowest BCUT2D eigenvalue weighted by molar-refractivity contribution is -0.0239. The molecule has 0 saturated heterocycles. The predicted molar refractivity (Wildman–Crippen MR) is 162 cm³/mol. The number of hydrogen-bond acceptors (Lipinski definition) is 4. The smallest absolute Gasteiger partial charge is 0.338 e. The Kier molecular flexibility index (Phi) is 11.3. The quantitative estimate of drug-likeness (QED) is 0.263. The summed E-state index contributed by atoms with van der Waals surface area (Å²) in [6.07, 6.45) is 14.3. The van der Waals surface area contributed by atoms with Gasteiger partial charge in [-0.15, -0.1) is 0 Å². The molecule has 4 nitrogen and oxygen atoms in total. The van der Waals surface area contributed by atoms with Crippen molar-refractivity contribution < 1.29 is 19.1 Å². The van der Waals surface area contributed by atoms with E-state index >= 15 is 0 Å². The van der Waals surface area contributed by atoms with Crippen molar-refractivity contribution in [2.75, 3.05) is 0 Å². The van der Waals surface area contributed by atoms with Crippen LogP contribution in [0.4, 0.5) is 0 Å². The molecule has 0 amide bonds. The lowest BCUT2D eigenvalue weighted by atomic mass is 9.77. The number of hydrogen-bond donors (Lipinski definition) is 0. The van der Waals surface area contributed by atoms with E-state index in [1.54, 1.807) is 13.8 Å². The van der Waals surface area contributed by atoms with E-state index in [4.69, 9.17) is 9.47 Å². The van der Waals surface area contributed by atoms with Crippen LogP contribution in [0, 0.1) is 11.8 Å². The maximum Gasteiger partial charge on any atom is 0.338 e. The first-order valence-electron chi connectivity index (χ1n) is 16.0. The van der Waals surface area contributed by atoms with Gasteiger partial charge in [0.25, 0.3) is 0 Å². The van der Waals surface area contributed by atoms with Gasteiger partial charge in [0.15, 0.2) is 0 Å². The van der Waals surface area contributed by atoms with E-state index < -0.39 is 12.2 Å². The molecule has 0 spiro atoms. The molecule has 0 aromatic heterocycles. The van der Waals surface area contributed by atoms with Crippen LogP contribution in [0.15, 0.2) is 48.5 Å². The van der Waals surface area contributed by atoms with E-state index in [9.17, 15) is 9.59 Å². The lowest BCUT2D eigenvalue weighted by Crippen LogP contribution is -2.30. The molecule has 40 heavy (non-hydrogen) atoms. The lowest BCUT2D eigenvalue weighted by Gasteiger charge is -2.28. The highest BCUT2D eigenvalue weighted by Gasteiger charge is 2.25. The number of esters is 2. The van der Waals surface area contributed by atoms with Crippen LogP contribution in [0.25, 0.3) is 0 Å². The van der Waals surface area contributed by atoms with Crippen LogP contribution in [-0.4, -0.2) is 24.1 Å². The summed E-state index contributed by atoms with van der Waals surface area (Å²) in [5, 5.41) is 0. The van der Waals surface area contributed by atoms with Crippen molar-refractivity contribution in [2.45, 2.75) is 129 Å². The summed E-state index contributed by atoms with van der Waals surface area (Å²) >= 11 is 0. The molecule has 0 bridgehead atoms. The fourth-order valence-electron chi connectivity index (χ4n) is 6.83. The maximum absolute atomic E-state index is 12.8. The molecule has 218 valence electrons. The van der Waals surface area contributed by atoms with Gasteiger partial charge in [0.05, 0.1) is 11.1 Å². The van der Waals surface area contributed by atoms with Crippen molar-refractivity contribution >= 4 is 11.9 Å². The molecule has 2 unspecified atom stereocenters. The van der Waals surface area contributed by atoms with Gasteiger partial charge >= 0.3 is 11.9 Å². The second kappa shape index (κ2) is 14.8. The van der Waals surface area contributed by atoms with Gasteiger partial charge in [0, 0.05) is 0 Å². The minimum Gasteiger partial charge on any atom is -0.455 e. The average Bonchev–Trinajstić information content (AvgIpc) is 2.98. The molecule has 2 aromatic rings. The average molecular weight is 547 g/mol. The Hall–Kier alpha value is -2.62. The molecule has 2 saturated carbocycles. The molecule has 2 aliphatic carbocycles. The summed E-state index contributed by atoms with van der Waals surface area (Å²) in [6.45, 7) is 8.09. The van der Waals surface area contributed by atoms with E-state index in [1.807, 2.05) is 24.3 Å². The largest absolute Gasteiger partial charge is 0.455 e. The van der Waals surface area contributed by atoms with Crippen LogP contribution in [0.3, 0.4) is 0 Å². The fourth-order valence-corrected chi connectivity index (χ4v) is 6.83. The molecule has 2 aliphatic rings. The molecule has 2 aromatic carbocycles. The highest BCUT2D eigenvalue weighted by Crippen LogP contribution is 2.38. The zero-order chi connectivity index (χ0) is 28.5. The van der Waals surface area contributed by atoms with Gasteiger partial charge in [-0.3, -0.25) is 0 Å². The Labute approximate surface area is 242 Å². The highest BCUT2D eigenvalue weighted by atomic mass is 16.6. The van der Waals surface area contributed by atoms with Crippen LogP contribution < -0.4 is 0 Å². The van der Waals surface area contributed by atoms with Gasteiger partial charge in [-0.2, -0.15) is 0 Å². The van der Waals surface area contributed by atoms with Crippen molar-refractivity contribution in [2.24, 2.45) is 11.8 Å². The van der Waals surface area contributed by atoms with Gasteiger partial charge in [0.1, 0.15) is 12.2 Å². The normalized spacial score (nSPS) is 24.6. The summed E-state index contributed by atoms with van der Waals surface area (Å²) in [5.74, 6) is 2.18. The Morgan fingerprint density at radius 2 is 0.925 bits per heavy atom. The number of ether oxygens (including phenoxy) is 2. The Balaban J connectivity index is 1.23. The third-order valence-electron chi connectivity index (χ3n) is 9.57. The van der Waals surface area contributed by atoms with Crippen molar-refractivity contribution in [3.8, 4) is 0 Å². The second-order valence-electron chi connectivity index (χ2n) is 12.5. The first-order valence-corrected chi connectivity index (χ1v) is 16.0. The number of carbonyl (C=O) groups excluding carboxylic acids is 2. The van der Waals surface area contributed by atoms with Gasteiger partial charge in [-0.25, -0.2) is 9.59 Å². The standard InChI is InChI=1S/C36H50O4/c1-5-7-27-9-13-29(14-10-27)31-17-21-33(22-18-31)35(37)39-25(3)26(4)40-36(38)34-23-19-32(20-24-34)30-15-11-28(8-6-2)12-16-30/h17-30H,5-16H2,1-4H3/t25?,26?,27-,28-,29-,30-. The van der Waals surface area contributed by atoms with Crippen LogP contribution in [0.2, 0.25) is 0 Å². The monoisotopic (exact) mass is 546 g/mol. The molecule has 4 rings (SSSR count). The number of rotatable bonds is 11. The first-order chi connectivity index (χ1) is 19.4. The highest BCUT2D eigenvalue weighted by molar-refractivity contribution is 5.90. The maximum atomic E-state index is 12.8.